The molecule has 0 amide bonds. The minimum atomic E-state index is -1.29. The molecule has 0 radical (unpaired) electrons. The number of rotatable bonds is 2. The van der Waals surface area contributed by atoms with Crippen LogP contribution in [-0.2, 0) is 28.6 Å². The molecule has 0 unspecified atom stereocenters. The second kappa shape index (κ2) is 5.46. The van der Waals surface area contributed by atoms with Crippen LogP contribution >= 0.6 is 0 Å². The molecule has 24 heavy (non-hydrogen) atoms. The molecule has 3 aliphatic rings. The van der Waals surface area contributed by atoms with Crippen LogP contribution in [0.3, 0.4) is 0 Å². The molecule has 6 nitrogen and oxygen atoms in total. The van der Waals surface area contributed by atoms with Crippen LogP contribution < -0.4 is 0 Å². The maximum absolute atomic E-state index is 12.1. The maximum Gasteiger partial charge on any atom is 0.334 e. The monoisotopic (exact) mass is 334 g/mol. The van der Waals surface area contributed by atoms with E-state index < -0.39 is 35.2 Å². The molecule has 6 heteroatoms. The zero-order valence-electron chi connectivity index (χ0n) is 14.2. The Morgan fingerprint density at radius 2 is 2.12 bits per heavy atom. The lowest BCUT2D eigenvalue weighted by atomic mass is 9.70. The van der Waals surface area contributed by atoms with Crippen molar-refractivity contribution in [2.24, 2.45) is 11.8 Å². The highest BCUT2D eigenvalue weighted by Crippen LogP contribution is 2.53. The van der Waals surface area contributed by atoms with Crippen molar-refractivity contribution in [2.75, 3.05) is 0 Å². The van der Waals surface area contributed by atoms with Gasteiger partial charge in [0, 0.05) is 29.9 Å². The Bertz CT molecular complexity index is 650. The van der Waals surface area contributed by atoms with Gasteiger partial charge in [0.1, 0.15) is 0 Å². The van der Waals surface area contributed by atoms with E-state index in [1.807, 2.05) is 6.92 Å². The number of hydrogen-bond acceptors (Lipinski definition) is 6. The Morgan fingerprint density at radius 3 is 2.79 bits per heavy atom. The lowest BCUT2D eigenvalue weighted by molar-refractivity contribution is -0.234. The normalized spacial score (nSPS) is 41.0. The number of carbonyl (C=O) groups excluding carboxylic acids is 3. The van der Waals surface area contributed by atoms with Crippen LogP contribution in [0.2, 0.25) is 0 Å². The molecule has 3 rings (SSSR count). The summed E-state index contributed by atoms with van der Waals surface area (Å²) in [6.07, 6.45) is 3.71. The lowest BCUT2D eigenvalue weighted by Crippen LogP contribution is -2.66. The summed E-state index contributed by atoms with van der Waals surface area (Å²) < 4.78 is 17.0. The minimum Gasteiger partial charge on any atom is -0.454 e. The predicted octanol–water partition coefficient (Wildman–Crippen LogP) is 2.08. The minimum absolute atomic E-state index is 0.112. The van der Waals surface area contributed by atoms with Gasteiger partial charge in [-0.2, -0.15) is 0 Å². The summed E-state index contributed by atoms with van der Waals surface area (Å²) in [4.78, 5) is 36.1. The molecule has 0 aromatic rings. The number of ether oxygens (including phenoxy) is 3. The van der Waals surface area contributed by atoms with Gasteiger partial charge in [0.25, 0.3) is 0 Å². The Hall–Kier alpha value is -2.11. The first-order valence-electron chi connectivity index (χ1n) is 8.29. The van der Waals surface area contributed by atoms with Crippen LogP contribution in [0.5, 0.6) is 0 Å². The number of hydrogen-bond donors (Lipinski definition) is 0. The van der Waals surface area contributed by atoms with E-state index in [1.54, 1.807) is 19.9 Å². The van der Waals surface area contributed by atoms with Gasteiger partial charge < -0.3 is 14.2 Å². The maximum atomic E-state index is 12.1. The zero-order chi connectivity index (χ0) is 17.7. The highest BCUT2D eigenvalue weighted by atomic mass is 16.6. The van der Waals surface area contributed by atoms with E-state index in [2.05, 4.69) is 6.58 Å². The van der Waals surface area contributed by atoms with Crippen LogP contribution in [0.4, 0.5) is 0 Å². The van der Waals surface area contributed by atoms with Crippen molar-refractivity contribution in [1.29, 1.82) is 0 Å². The van der Waals surface area contributed by atoms with E-state index in [-0.39, 0.29) is 18.3 Å². The molecular formula is C18H22O6. The van der Waals surface area contributed by atoms with E-state index in [9.17, 15) is 14.4 Å². The van der Waals surface area contributed by atoms with Gasteiger partial charge in [-0.15, -0.1) is 0 Å². The molecule has 5 atom stereocenters. The fourth-order valence-corrected chi connectivity index (χ4v) is 4.18. The summed E-state index contributed by atoms with van der Waals surface area (Å²) in [5, 5.41) is 0. The summed E-state index contributed by atoms with van der Waals surface area (Å²) in [5.41, 5.74) is -2.07. The van der Waals surface area contributed by atoms with Crippen molar-refractivity contribution in [2.45, 2.75) is 57.3 Å². The van der Waals surface area contributed by atoms with Gasteiger partial charge in [0.2, 0.25) is 0 Å². The van der Waals surface area contributed by atoms with E-state index in [1.165, 1.54) is 6.08 Å². The average Bonchev–Trinajstić information content (AvgIpc) is 2.79. The summed E-state index contributed by atoms with van der Waals surface area (Å²) in [7, 11) is 0. The first-order chi connectivity index (χ1) is 11.2. The van der Waals surface area contributed by atoms with Gasteiger partial charge in [-0.3, -0.25) is 4.79 Å². The van der Waals surface area contributed by atoms with Crippen molar-refractivity contribution in [3.05, 3.63) is 24.3 Å². The van der Waals surface area contributed by atoms with Gasteiger partial charge in [0.05, 0.1) is 0 Å². The zero-order valence-corrected chi connectivity index (χ0v) is 14.2. The standard InChI is InChI=1S/C18H22O6/c1-5-13(19)24-18-9-8-14(20)23-17(18,4)15-12(7-6-10(18)2)11(3)16(21)22-15/h8-10,12,15H,3,5-7H2,1-2,4H3/t10-,12-,15+,17-,18+/m0/s1. The molecule has 1 saturated heterocycles. The topological polar surface area (TPSA) is 78.9 Å². The van der Waals surface area contributed by atoms with Gasteiger partial charge in [-0.05, 0) is 25.8 Å². The number of carbonyl (C=O) groups is 3. The molecule has 0 bridgehead atoms. The SMILES string of the molecule is C=C1C(=O)O[C@@H]2[C@H]1CC[C@H](C)[C@]1(OC(=O)CC)C=CC(=O)O[C@@]21C. The lowest BCUT2D eigenvalue weighted by Gasteiger charge is -2.50. The predicted molar refractivity (Wildman–Crippen MR) is 83.7 cm³/mol. The third kappa shape index (κ3) is 2.12. The van der Waals surface area contributed by atoms with Crippen molar-refractivity contribution in [3.63, 3.8) is 0 Å². The summed E-state index contributed by atoms with van der Waals surface area (Å²) in [6, 6.07) is 0. The summed E-state index contributed by atoms with van der Waals surface area (Å²) >= 11 is 0. The van der Waals surface area contributed by atoms with E-state index in [0.29, 0.717) is 18.4 Å². The molecule has 1 aliphatic carbocycles. The van der Waals surface area contributed by atoms with Crippen LogP contribution in [0.15, 0.2) is 24.3 Å². The largest absolute Gasteiger partial charge is 0.454 e. The van der Waals surface area contributed by atoms with Crippen LogP contribution in [-0.4, -0.2) is 35.2 Å². The van der Waals surface area contributed by atoms with Crippen LogP contribution in [0.1, 0.15) is 40.0 Å². The van der Waals surface area contributed by atoms with Crippen LogP contribution in [0.25, 0.3) is 0 Å². The molecule has 2 heterocycles. The first-order valence-corrected chi connectivity index (χ1v) is 8.29. The van der Waals surface area contributed by atoms with Gasteiger partial charge in [0.15, 0.2) is 17.3 Å². The van der Waals surface area contributed by atoms with Crippen molar-refractivity contribution in [3.8, 4) is 0 Å². The quantitative estimate of drug-likeness (QED) is 0.437. The number of fused-ring (bicyclic) bond motifs is 3. The highest BCUT2D eigenvalue weighted by molar-refractivity contribution is 5.91. The fraction of sp³-hybridized carbons (Fsp3) is 0.611. The van der Waals surface area contributed by atoms with E-state index >= 15 is 0 Å². The molecule has 0 aromatic heterocycles. The molecule has 2 fully saturated rings. The van der Waals surface area contributed by atoms with Crippen molar-refractivity contribution >= 4 is 17.9 Å². The first kappa shape index (κ1) is 16.7. The Balaban J connectivity index is 2.16. The summed E-state index contributed by atoms with van der Waals surface area (Å²) in [6.45, 7) is 9.18. The van der Waals surface area contributed by atoms with E-state index in [0.717, 1.165) is 0 Å². The molecule has 2 aliphatic heterocycles. The Labute approximate surface area is 140 Å². The molecule has 1 saturated carbocycles. The third-order valence-electron chi connectivity index (χ3n) is 5.62. The molecule has 0 spiro atoms. The molecule has 0 N–H and O–H groups in total. The smallest absolute Gasteiger partial charge is 0.334 e. The summed E-state index contributed by atoms with van der Waals surface area (Å²) in [5.74, 6) is -1.78. The molecule has 0 aromatic carbocycles. The van der Waals surface area contributed by atoms with E-state index in [4.69, 9.17) is 14.2 Å². The molecule has 130 valence electrons. The van der Waals surface area contributed by atoms with Gasteiger partial charge in [-0.25, -0.2) is 9.59 Å². The van der Waals surface area contributed by atoms with Gasteiger partial charge >= 0.3 is 17.9 Å². The second-order valence-corrected chi connectivity index (χ2v) is 6.92. The van der Waals surface area contributed by atoms with Crippen molar-refractivity contribution in [1.82, 2.24) is 0 Å². The third-order valence-corrected chi connectivity index (χ3v) is 5.62. The molecular weight excluding hydrogens is 312 g/mol. The van der Waals surface area contributed by atoms with Crippen LogP contribution in [0, 0.1) is 11.8 Å². The van der Waals surface area contributed by atoms with Crippen molar-refractivity contribution < 1.29 is 28.6 Å². The number of esters is 3. The Kier molecular flexibility index (Phi) is 3.81. The fourth-order valence-electron chi connectivity index (χ4n) is 4.18. The average molecular weight is 334 g/mol. The highest BCUT2D eigenvalue weighted by Gasteiger charge is 2.67. The Morgan fingerprint density at radius 1 is 1.42 bits per heavy atom. The second-order valence-electron chi connectivity index (χ2n) is 6.92. The van der Waals surface area contributed by atoms with Gasteiger partial charge in [-0.1, -0.05) is 20.4 Å².